The Kier molecular flexibility index (Phi) is 5.43. The van der Waals surface area contributed by atoms with Crippen LogP contribution in [0.4, 0.5) is 5.69 Å². The molecule has 7 heteroatoms. The van der Waals surface area contributed by atoms with Gasteiger partial charge in [0.25, 0.3) is 0 Å². The molecule has 2 saturated carbocycles. The Bertz CT molecular complexity index is 1280. The maximum absolute atomic E-state index is 13.2. The highest BCUT2D eigenvalue weighted by Crippen LogP contribution is 2.64. The van der Waals surface area contributed by atoms with Gasteiger partial charge in [-0.1, -0.05) is 53.3 Å². The number of carbonyl (C=O) groups is 1. The molecule has 6 rings (SSSR count). The first-order valence-electron chi connectivity index (χ1n) is 11.5. The smallest absolute Gasteiger partial charge is 0.308 e. The summed E-state index contributed by atoms with van der Waals surface area (Å²) in [5.41, 5.74) is 3.04. The third-order valence-corrected chi connectivity index (χ3v) is 10.7. The Morgan fingerprint density at radius 1 is 1.12 bits per heavy atom. The molecule has 0 saturated heterocycles. The molecule has 170 valence electrons. The molecule has 0 spiro atoms. The fraction of sp³-hybridized carbons (Fsp3) is 0.385. The zero-order valence-corrected chi connectivity index (χ0v) is 20.7. The van der Waals surface area contributed by atoms with Crippen LogP contribution in [0.1, 0.15) is 41.2 Å². The normalized spacial score (nSPS) is 27.3. The summed E-state index contributed by atoms with van der Waals surface area (Å²) >= 11 is 9.37. The third-order valence-electron chi connectivity index (χ3n) is 7.64. The number of nitrogens with one attached hydrogen (secondary N) is 1. The summed E-state index contributed by atoms with van der Waals surface area (Å²) in [5, 5.41) is 5.23. The van der Waals surface area contributed by atoms with Crippen molar-refractivity contribution in [3.63, 3.8) is 0 Å². The summed E-state index contributed by atoms with van der Waals surface area (Å²) in [6.07, 6.45) is 3.86. The second kappa shape index (κ2) is 8.33. The fourth-order valence-electron chi connectivity index (χ4n) is 6.18. The largest absolute Gasteiger partial charge is 0.324 e. The SMILES string of the molecule is Cc1ccccc1NC(=O)Cn1c2c(sc1=O)[C@H](c1ccc(Cl)cc1)[C@H]1[C@@H]3CC[C@@H](C3)[C@@H]1S2. The van der Waals surface area contributed by atoms with Crippen molar-refractivity contribution in [2.45, 2.75) is 48.9 Å². The number of halogens is 1. The molecular formula is C26H25ClN2O2S2. The minimum Gasteiger partial charge on any atom is -0.324 e. The first-order chi connectivity index (χ1) is 16.0. The van der Waals surface area contributed by atoms with Gasteiger partial charge in [0, 0.05) is 26.8 Å². The predicted molar refractivity (Wildman–Crippen MR) is 136 cm³/mol. The van der Waals surface area contributed by atoms with Gasteiger partial charge in [0.1, 0.15) is 6.54 Å². The molecule has 0 radical (unpaired) electrons. The van der Waals surface area contributed by atoms with Crippen molar-refractivity contribution < 1.29 is 4.79 Å². The number of para-hydroxylation sites is 1. The van der Waals surface area contributed by atoms with Gasteiger partial charge >= 0.3 is 4.87 Å². The number of benzene rings is 2. The topological polar surface area (TPSA) is 51.1 Å². The lowest BCUT2D eigenvalue weighted by Gasteiger charge is -2.40. The monoisotopic (exact) mass is 496 g/mol. The Hall–Kier alpha value is -2.02. The van der Waals surface area contributed by atoms with Gasteiger partial charge in [0.15, 0.2) is 0 Å². The molecule has 2 aliphatic carbocycles. The number of nitrogens with zero attached hydrogens (tertiary/aromatic N) is 1. The summed E-state index contributed by atoms with van der Waals surface area (Å²) < 4.78 is 1.71. The molecule has 3 aliphatic rings. The maximum Gasteiger partial charge on any atom is 0.308 e. The van der Waals surface area contributed by atoms with Crippen molar-refractivity contribution in [1.82, 2.24) is 4.57 Å². The molecule has 4 nitrogen and oxygen atoms in total. The predicted octanol–water partition coefficient (Wildman–Crippen LogP) is 6.16. The molecule has 2 aromatic carbocycles. The van der Waals surface area contributed by atoms with Crippen LogP contribution < -0.4 is 10.2 Å². The van der Waals surface area contributed by atoms with Gasteiger partial charge in [-0.3, -0.25) is 14.2 Å². The summed E-state index contributed by atoms with van der Waals surface area (Å²) in [7, 11) is 0. The van der Waals surface area contributed by atoms with E-state index in [1.807, 2.05) is 55.1 Å². The van der Waals surface area contributed by atoms with E-state index in [2.05, 4.69) is 17.4 Å². The van der Waals surface area contributed by atoms with Crippen LogP contribution in [0.5, 0.6) is 0 Å². The van der Waals surface area contributed by atoms with Gasteiger partial charge in [0.05, 0.1) is 5.03 Å². The van der Waals surface area contributed by atoms with Crippen molar-refractivity contribution >= 4 is 46.3 Å². The molecule has 1 amide bonds. The highest BCUT2D eigenvalue weighted by molar-refractivity contribution is 8.00. The lowest BCUT2D eigenvalue weighted by Crippen LogP contribution is -2.34. The van der Waals surface area contributed by atoms with E-state index in [4.69, 9.17) is 11.6 Å². The van der Waals surface area contributed by atoms with Gasteiger partial charge in [-0.25, -0.2) is 0 Å². The number of thiazole rings is 1. The number of aryl methyl sites for hydroxylation is 1. The van der Waals surface area contributed by atoms with Crippen molar-refractivity contribution in [3.05, 3.63) is 79.2 Å². The van der Waals surface area contributed by atoms with E-state index in [9.17, 15) is 9.59 Å². The minimum absolute atomic E-state index is 0.0429. The summed E-state index contributed by atoms with van der Waals surface area (Å²) in [4.78, 5) is 27.2. The van der Waals surface area contributed by atoms with Crippen molar-refractivity contribution in [1.29, 1.82) is 0 Å². The number of thioether (sulfide) groups is 1. The molecule has 2 bridgehead atoms. The Labute approximate surface area is 206 Å². The Morgan fingerprint density at radius 2 is 1.88 bits per heavy atom. The van der Waals surface area contributed by atoms with Crippen LogP contribution in [0.15, 0.2) is 58.4 Å². The van der Waals surface area contributed by atoms with E-state index in [-0.39, 0.29) is 23.2 Å². The van der Waals surface area contributed by atoms with Crippen molar-refractivity contribution in [2.24, 2.45) is 17.8 Å². The standard InChI is InChI=1S/C26H25ClN2O2S2/c1-14-4-2-3-5-19(14)28-20(30)13-29-25-24(33-26(29)31)21(15-8-10-18(27)11-9-15)22-16-6-7-17(12-16)23(22)32-25/h2-5,8-11,16-17,21-23H,6-7,12-13H2,1H3,(H,28,30)/t16-,17+,21-,22-,23+/m1/s1. The lowest BCUT2D eigenvalue weighted by molar-refractivity contribution is -0.116. The van der Waals surface area contributed by atoms with Crippen molar-refractivity contribution in [2.75, 3.05) is 5.32 Å². The molecule has 1 aromatic heterocycles. The molecule has 2 fully saturated rings. The third kappa shape index (κ3) is 3.67. The first-order valence-corrected chi connectivity index (χ1v) is 13.6. The molecule has 0 unspecified atom stereocenters. The molecule has 1 aliphatic heterocycles. The minimum atomic E-state index is -0.161. The zero-order valence-electron chi connectivity index (χ0n) is 18.3. The summed E-state index contributed by atoms with van der Waals surface area (Å²) in [6.45, 7) is 2.01. The van der Waals surface area contributed by atoms with Crippen LogP contribution in [0.3, 0.4) is 0 Å². The molecule has 2 heterocycles. The first kappa shape index (κ1) is 21.5. The van der Waals surface area contributed by atoms with E-state index in [1.165, 1.54) is 36.2 Å². The van der Waals surface area contributed by atoms with Gasteiger partial charge in [0.2, 0.25) is 5.91 Å². The van der Waals surface area contributed by atoms with Crippen molar-refractivity contribution in [3.8, 4) is 0 Å². The molecular weight excluding hydrogens is 472 g/mol. The van der Waals surface area contributed by atoms with E-state index in [0.717, 1.165) is 32.1 Å². The average molecular weight is 497 g/mol. The number of amides is 1. The van der Waals surface area contributed by atoms with Crippen LogP contribution in [0.25, 0.3) is 0 Å². The maximum atomic E-state index is 13.2. The number of fused-ring (bicyclic) bond motifs is 6. The van der Waals surface area contributed by atoms with E-state index in [0.29, 0.717) is 17.1 Å². The second-order valence-electron chi connectivity index (χ2n) is 9.51. The number of rotatable bonds is 4. The second-order valence-corrected chi connectivity index (χ2v) is 12.1. The van der Waals surface area contributed by atoms with E-state index >= 15 is 0 Å². The quantitative estimate of drug-likeness (QED) is 0.470. The summed E-state index contributed by atoms with van der Waals surface area (Å²) in [5.74, 6) is 2.02. The lowest BCUT2D eigenvalue weighted by atomic mass is 9.75. The number of aromatic nitrogens is 1. The highest BCUT2D eigenvalue weighted by Gasteiger charge is 2.55. The molecule has 3 aromatic rings. The van der Waals surface area contributed by atoms with Crippen LogP contribution in [0.2, 0.25) is 5.02 Å². The van der Waals surface area contributed by atoms with E-state index in [1.54, 1.807) is 4.57 Å². The van der Waals surface area contributed by atoms with Gasteiger partial charge in [-0.05, 0) is 73.3 Å². The number of carbonyl (C=O) groups excluding carboxylic acids is 1. The van der Waals surface area contributed by atoms with Gasteiger partial charge in [-0.15, -0.1) is 11.8 Å². The highest BCUT2D eigenvalue weighted by atomic mass is 35.5. The van der Waals surface area contributed by atoms with Gasteiger partial charge < -0.3 is 5.32 Å². The Morgan fingerprint density at radius 3 is 2.67 bits per heavy atom. The number of hydrogen-bond acceptors (Lipinski definition) is 4. The summed E-state index contributed by atoms with van der Waals surface area (Å²) in [6, 6.07) is 15.9. The van der Waals surface area contributed by atoms with Crippen LogP contribution in [-0.2, 0) is 11.3 Å². The zero-order chi connectivity index (χ0) is 22.7. The molecule has 1 N–H and O–H groups in total. The van der Waals surface area contributed by atoms with Gasteiger partial charge in [-0.2, -0.15) is 0 Å². The van der Waals surface area contributed by atoms with Crippen LogP contribution >= 0.6 is 34.7 Å². The average Bonchev–Trinajstić information content (AvgIpc) is 3.49. The molecule has 33 heavy (non-hydrogen) atoms. The van der Waals surface area contributed by atoms with Crippen LogP contribution in [-0.4, -0.2) is 15.7 Å². The fourth-order valence-corrected chi connectivity index (χ4v) is 9.45. The number of hydrogen-bond donors (Lipinski definition) is 1. The molecule has 5 atom stereocenters. The number of anilines is 1. The Balaban J connectivity index is 1.37. The van der Waals surface area contributed by atoms with Crippen LogP contribution in [0, 0.1) is 24.7 Å². The van der Waals surface area contributed by atoms with E-state index < -0.39 is 0 Å².